The van der Waals surface area contributed by atoms with E-state index in [1.165, 1.54) is 0 Å². The van der Waals surface area contributed by atoms with Crippen molar-refractivity contribution in [3.63, 3.8) is 0 Å². The zero-order valence-corrected chi connectivity index (χ0v) is 14.4. The Morgan fingerprint density at radius 2 is 1.77 bits per heavy atom. The average Bonchev–Trinajstić information content (AvgIpc) is 3.06. The first-order chi connectivity index (χ1) is 12.7. The molecule has 0 radical (unpaired) electrons. The number of rotatable bonds is 3. The van der Waals surface area contributed by atoms with Crippen LogP contribution in [0.4, 0.5) is 0 Å². The molecule has 2 aromatic carbocycles. The van der Waals surface area contributed by atoms with Gasteiger partial charge in [-0.05, 0) is 24.1 Å². The lowest BCUT2D eigenvalue weighted by Crippen LogP contribution is -2.22. The van der Waals surface area contributed by atoms with Gasteiger partial charge in [-0.1, -0.05) is 55.5 Å². The van der Waals surface area contributed by atoms with Crippen LogP contribution in [0.2, 0.25) is 0 Å². The molecule has 26 heavy (non-hydrogen) atoms. The van der Waals surface area contributed by atoms with Crippen molar-refractivity contribution in [1.29, 1.82) is 5.26 Å². The maximum Gasteiger partial charge on any atom is 0.229 e. The Hall–Kier alpha value is -3.52. The van der Waals surface area contributed by atoms with Crippen LogP contribution in [0.3, 0.4) is 0 Å². The number of ether oxygens (including phenoxy) is 1. The highest BCUT2D eigenvalue weighted by atomic mass is 16.5. The molecule has 0 saturated heterocycles. The molecule has 0 saturated carbocycles. The molecule has 1 atom stereocenters. The summed E-state index contributed by atoms with van der Waals surface area (Å²) in [6, 6.07) is 21.9. The van der Waals surface area contributed by atoms with Gasteiger partial charge in [0.1, 0.15) is 11.6 Å². The fraction of sp³-hybridized carbons (Fsp3) is 0.143. The van der Waals surface area contributed by atoms with E-state index >= 15 is 0 Å². The molecule has 128 valence electrons. The number of hydrogen-bond acceptors (Lipinski definition) is 4. The molecule has 0 unspecified atom stereocenters. The normalized spacial score (nSPS) is 15.9. The number of aromatic nitrogens is 2. The second kappa shape index (κ2) is 6.41. The third-order valence-electron chi connectivity index (χ3n) is 4.59. The van der Waals surface area contributed by atoms with E-state index in [0.29, 0.717) is 11.5 Å². The molecule has 0 bridgehead atoms. The summed E-state index contributed by atoms with van der Waals surface area (Å²) in [5.41, 5.74) is 10.2. The number of allylic oxidation sites excluding steroid dienone is 1. The molecule has 0 amide bonds. The highest BCUT2D eigenvalue weighted by molar-refractivity contribution is 5.57. The highest BCUT2D eigenvalue weighted by Gasteiger charge is 2.36. The highest BCUT2D eigenvalue weighted by Crippen LogP contribution is 2.44. The van der Waals surface area contributed by atoms with Crippen LogP contribution in [0.15, 0.2) is 72.1 Å². The van der Waals surface area contributed by atoms with E-state index in [0.717, 1.165) is 28.9 Å². The van der Waals surface area contributed by atoms with Crippen LogP contribution in [0.25, 0.3) is 5.69 Å². The maximum absolute atomic E-state index is 9.71. The second-order valence-electron chi connectivity index (χ2n) is 6.10. The van der Waals surface area contributed by atoms with Crippen molar-refractivity contribution in [1.82, 2.24) is 9.78 Å². The Morgan fingerprint density at radius 1 is 1.12 bits per heavy atom. The van der Waals surface area contributed by atoms with E-state index in [1.807, 2.05) is 67.6 Å². The zero-order chi connectivity index (χ0) is 18.1. The predicted molar refractivity (Wildman–Crippen MR) is 98.7 cm³/mol. The van der Waals surface area contributed by atoms with Gasteiger partial charge in [0.05, 0.1) is 22.9 Å². The Balaban J connectivity index is 1.99. The molecule has 4 rings (SSSR count). The topological polar surface area (TPSA) is 76.9 Å². The Kier molecular flexibility index (Phi) is 3.94. The minimum Gasteiger partial charge on any atom is -0.422 e. The number of nitriles is 1. The molecule has 0 fully saturated rings. The Bertz CT molecular complexity index is 1010. The lowest BCUT2D eigenvalue weighted by Gasteiger charge is -2.25. The summed E-state index contributed by atoms with van der Waals surface area (Å²) in [5.74, 6) is 0.435. The van der Waals surface area contributed by atoms with Crippen LogP contribution in [0, 0.1) is 11.3 Å². The first kappa shape index (κ1) is 16.0. The van der Waals surface area contributed by atoms with Crippen LogP contribution in [0.5, 0.6) is 5.88 Å². The van der Waals surface area contributed by atoms with Crippen molar-refractivity contribution >= 4 is 0 Å². The van der Waals surface area contributed by atoms with Gasteiger partial charge in [-0.25, -0.2) is 4.68 Å². The van der Waals surface area contributed by atoms with Gasteiger partial charge >= 0.3 is 0 Å². The molecule has 2 N–H and O–H groups in total. The largest absolute Gasteiger partial charge is 0.422 e. The minimum atomic E-state index is -0.280. The first-order valence-corrected chi connectivity index (χ1v) is 8.54. The maximum atomic E-state index is 9.71. The first-order valence-electron chi connectivity index (χ1n) is 8.54. The third-order valence-corrected chi connectivity index (χ3v) is 4.59. The number of nitrogens with zero attached hydrogens (tertiary/aromatic N) is 3. The van der Waals surface area contributed by atoms with Crippen molar-refractivity contribution < 1.29 is 4.74 Å². The number of nitrogens with two attached hydrogens (primary N) is 1. The van der Waals surface area contributed by atoms with Crippen LogP contribution in [-0.4, -0.2) is 9.78 Å². The molecule has 1 aliphatic heterocycles. The van der Waals surface area contributed by atoms with Crippen LogP contribution in [0.1, 0.15) is 29.7 Å². The number of aryl methyl sites for hydroxylation is 1. The monoisotopic (exact) mass is 342 g/mol. The van der Waals surface area contributed by atoms with E-state index < -0.39 is 0 Å². The van der Waals surface area contributed by atoms with E-state index in [2.05, 4.69) is 6.07 Å². The molecular weight excluding hydrogens is 324 g/mol. The van der Waals surface area contributed by atoms with Crippen LogP contribution in [-0.2, 0) is 6.42 Å². The second-order valence-corrected chi connectivity index (χ2v) is 6.10. The molecule has 3 aromatic rings. The van der Waals surface area contributed by atoms with Crippen LogP contribution >= 0.6 is 0 Å². The number of hydrogen-bond donors (Lipinski definition) is 1. The summed E-state index contributed by atoms with van der Waals surface area (Å²) in [6.07, 6.45) is 0.730. The molecule has 1 aromatic heterocycles. The standard InChI is InChI=1S/C21H18N4O/c1-2-17-19-18(14-9-5-3-6-10-14)16(13-22)20(23)26-21(19)25(24-17)15-11-7-4-8-12-15/h3-12,18H,2,23H2,1H3/t18-/m0/s1. The lowest BCUT2D eigenvalue weighted by molar-refractivity contribution is 0.367. The number of para-hydroxylation sites is 1. The summed E-state index contributed by atoms with van der Waals surface area (Å²) in [5, 5.41) is 14.5. The molecule has 1 aliphatic rings. The summed E-state index contributed by atoms with van der Waals surface area (Å²) in [4.78, 5) is 0. The van der Waals surface area contributed by atoms with Gasteiger partial charge in [-0.3, -0.25) is 0 Å². The fourth-order valence-electron chi connectivity index (χ4n) is 3.40. The van der Waals surface area contributed by atoms with Crippen molar-refractivity contribution in [2.45, 2.75) is 19.3 Å². The van der Waals surface area contributed by atoms with E-state index in [4.69, 9.17) is 15.6 Å². The summed E-state index contributed by atoms with van der Waals surface area (Å²) >= 11 is 0. The smallest absolute Gasteiger partial charge is 0.229 e. The SMILES string of the molecule is CCc1nn(-c2ccccc2)c2c1[C@@H](c1ccccc1)C(C#N)=C(N)O2. The third kappa shape index (κ3) is 2.44. The Labute approximate surface area is 151 Å². The molecule has 5 nitrogen and oxygen atoms in total. The van der Waals surface area contributed by atoms with Crippen molar-refractivity contribution in [3.05, 3.63) is 88.9 Å². The van der Waals surface area contributed by atoms with E-state index in [9.17, 15) is 5.26 Å². The minimum absolute atomic E-state index is 0.133. The van der Waals surface area contributed by atoms with Gasteiger partial charge in [-0.2, -0.15) is 10.4 Å². The number of benzene rings is 2. The summed E-state index contributed by atoms with van der Waals surface area (Å²) in [6.45, 7) is 2.05. The van der Waals surface area contributed by atoms with Gasteiger partial charge in [0, 0.05) is 0 Å². The van der Waals surface area contributed by atoms with E-state index in [-0.39, 0.29) is 11.8 Å². The lowest BCUT2D eigenvalue weighted by atomic mass is 9.83. The number of fused-ring (bicyclic) bond motifs is 1. The van der Waals surface area contributed by atoms with Gasteiger partial charge in [0.25, 0.3) is 0 Å². The molecule has 0 spiro atoms. The van der Waals surface area contributed by atoms with Crippen LogP contribution < -0.4 is 10.5 Å². The molecular formula is C21H18N4O. The van der Waals surface area contributed by atoms with Gasteiger partial charge in [0.15, 0.2) is 0 Å². The van der Waals surface area contributed by atoms with Crippen molar-refractivity contribution in [2.24, 2.45) is 5.73 Å². The molecule has 0 aliphatic carbocycles. The average molecular weight is 342 g/mol. The zero-order valence-electron chi connectivity index (χ0n) is 14.4. The van der Waals surface area contributed by atoms with Gasteiger partial charge < -0.3 is 10.5 Å². The molecule has 5 heteroatoms. The summed E-state index contributed by atoms with van der Waals surface area (Å²) in [7, 11) is 0. The van der Waals surface area contributed by atoms with E-state index in [1.54, 1.807) is 4.68 Å². The molecule has 2 heterocycles. The Morgan fingerprint density at radius 3 is 2.38 bits per heavy atom. The summed E-state index contributed by atoms with van der Waals surface area (Å²) < 4.78 is 7.66. The predicted octanol–water partition coefficient (Wildman–Crippen LogP) is 3.65. The van der Waals surface area contributed by atoms with Crippen molar-refractivity contribution in [3.8, 4) is 17.6 Å². The quantitative estimate of drug-likeness (QED) is 0.788. The van der Waals surface area contributed by atoms with Gasteiger partial charge in [0.2, 0.25) is 11.8 Å². The van der Waals surface area contributed by atoms with Crippen molar-refractivity contribution in [2.75, 3.05) is 0 Å². The van der Waals surface area contributed by atoms with Gasteiger partial charge in [-0.15, -0.1) is 0 Å². The fourth-order valence-corrected chi connectivity index (χ4v) is 3.40.